The standard InChI is InChI=1S/C19H13ClFN3O2/c20-14-6-2-1-5-13(14)18(25)24-16-9-8-12(11-15(16)21)23-19(26)17-7-3-4-10-22-17/h1-11H,(H,23,26)(H,24,25). The number of hydrogen-bond acceptors (Lipinski definition) is 3. The average Bonchev–Trinajstić information content (AvgIpc) is 2.65. The van der Waals surface area contributed by atoms with Gasteiger partial charge in [0, 0.05) is 11.9 Å². The summed E-state index contributed by atoms with van der Waals surface area (Å²) in [5, 5.41) is 5.27. The number of nitrogens with zero attached hydrogens (tertiary/aromatic N) is 1. The molecule has 7 heteroatoms. The second-order valence-corrected chi connectivity index (χ2v) is 5.70. The lowest BCUT2D eigenvalue weighted by Gasteiger charge is -2.10. The topological polar surface area (TPSA) is 71.1 Å². The maximum Gasteiger partial charge on any atom is 0.274 e. The molecule has 1 aromatic heterocycles. The van der Waals surface area contributed by atoms with Crippen LogP contribution >= 0.6 is 11.6 Å². The van der Waals surface area contributed by atoms with Crippen LogP contribution in [0.1, 0.15) is 20.8 Å². The van der Waals surface area contributed by atoms with Gasteiger partial charge in [0.2, 0.25) is 0 Å². The van der Waals surface area contributed by atoms with Crippen LogP contribution in [0, 0.1) is 5.82 Å². The average molecular weight is 370 g/mol. The maximum absolute atomic E-state index is 14.3. The van der Waals surface area contributed by atoms with Gasteiger partial charge in [0.05, 0.1) is 16.3 Å². The second-order valence-electron chi connectivity index (χ2n) is 5.30. The predicted molar refractivity (Wildman–Crippen MR) is 98.0 cm³/mol. The quantitative estimate of drug-likeness (QED) is 0.717. The largest absolute Gasteiger partial charge is 0.321 e. The summed E-state index contributed by atoms with van der Waals surface area (Å²) in [6.07, 6.45) is 1.49. The molecule has 26 heavy (non-hydrogen) atoms. The zero-order chi connectivity index (χ0) is 18.5. The number of nitrogens with one attached hydrogen (secondary N) is 2. The van der Waals surface area contributed by atoms with E-state index in [1.54, 1.807) is 36.4 Å². The Hall–Kier alpha value is -3.25. The molecule has 3 rings (SSSR count). The monoisotopic (exact) mass is 369 g/mol. The number of halogens is 2. The maximum atomic E-state index is 14.3. The minimum Gasteiger partial charge on any atom is -0.321 e. The molecule has 2 N–H and O–H groups in total. The molecule has 0 aliphatic rings. The molecule has 0 radical (unpaired) electrons. The fraction of sp³-hybridized carbons (Fsp3) is 0. The molecule has 2 amide bonds. The Kier molecular flexibility index (Phi) is 5.24. The summed E-state index contributed by atoms with van der Waals surface area (Å²) in [7, 11) is 0. The molecule has 130 valence electrons. The van der Waals surface area contributed by atoms with Gasteiger partial charge in [0.25, 0.3) is 11.8 Å². The van der Waals surface area contributed by atoms with E-state index in [9.17, 15) is 14.0 Å². The molecule has 2 aromatic carbocycles. The van der Waals surface area contributed by atoms with Crippen molar-refractivity contribution < 1.29 is 14.0 Å². The Labute approximate surface area is 153 Å². The lowest BCUT2D eigenvalue weighted by Crippen LogP contribution is -2.15. The van der Waals surface area contributed by atoms with Crippen LogP contribution in [-0.4, -0.2) is 16.8 Å². The summed E-state index contributed by atoms with van der Waals surface area (Å²) in [5.41, 5.74) is 0.671. The molecule has 0 saturated carbocycles. The van der Waals surface area contributed by atoms with Crippen LogP contribution in [0.5, 0.6) is 0 Å². The van der Waals surface area contributed by atoms with Gasteiger partial charge < -0.3 is 10.6 Å². The number of rotatable bonds is 4. The molecule has 3 aromatic rings. The summed E-state index contributed by atoms with van der Waals surface area (Å²) < 4.78 is 14.3. The molecular weight excluding hydrogens is 357 g/mol. The number of carbonyl (C=O) groups excluding carboxylic acids is 2. The van der Waals surface area contributed by atoms with Crippen molar-refractivity contribution >= 4 is 34.8 Å². The Morgan fingerprint density at radius 3 is 2.38 bits per heavy atom. The summed E-state index contributed by atoms with van der Waals surface area (Å²) in [4.78, 5) is 28.1. The van der Waals surface area contributed by atoms with E-state index in [1.807, 2.05) is 0 Å². The number of benzene rings is 2. The highest BCUT2D eigenvalue weighted by Crippen LogP contribution is 2.22. The first-order valence-corrected chi connectivity index (χ1v) is 8.00. The summed E-state index contributed by atoms with van der Waals surface area (Å²) in [5.74, 6) is -1.68. The molecule has 5 nitrogen and oxygen atoms in total. The highest BCUT2D eigenvalue weighted by atomic mass is 35.5. The second kappa shape index (κ2) is 7.76. The first-order chi connectivity index (χ1) is 12.5. The number of carbonyl (C=O) groups is 2. The van der Waals surface area contributed by atoms with Crippen molar-refractivity contribution in [1.82, 2.24) is 4.98 Å². The van der Waals surface area contributed by atoms with Crippen LogP contribution in [0.4, 0.5) is 15.8 Å². The first kappa shape index (κ1) is 17.6. The lowest BCUT2D eigenvalue weighted by atomic mass is 10.2. The van der Waals surface area contributed by atoms with Crippen molar-refractivity contribution in [3.05, 3.63) is 89.0 Å². The Morgan fingerprint density at radius 2 is 1.69 bits per heavy atom. The molecule has 0 aliphatic carbocycles. The normalized spacial score (nSPS) is 10.2. The minimum absolute atomic E-state index is 0.0224. The van der Waals surface area contributed by atoms with Crippen molar-refractivity contribution in [2.45, 2.75) is 0 Å². The lowest BCUT2D eigenvalue weighted by molar-refractivity contribution is 0.101. The van der Waals surface area contributed by atoms with Crippen molar-refractivity contribution in [3.63, 3.8) is 0 Å². The van der Waals surface area contributed by atoms with Crippen molar-refractivity contribution in [2.24, 2.45) is 0 Å². The zero-order valence-electron chi connectivity index (χ0n) is 13.4. The van der Waals surface area contributed by atoms with E-state index >= 15 is 0 Å². The molecule has 0 atom stereocenters. The third-order valence-corrected chi connectivity index (χ3v) is 3.82. The van der Waals surface area contributed by atoms with E-state index in [1.165, 1.54) is 24.4 Å². The predicted octanol–water partition coefficient (Wildman–Crippen LogP) is 4.38. The molecule has 1 heterocycles. The van der Waals surface area contributed by atoms with E-state index in [0.717, 1.165) is 6.07 Å². The molecule has 0 aliphatic heterocycles. The van der Waals surface area contributed by atoms with Crippen molar-refractivity contribution in [3.8, 4) is 0 Å². The number of hydrogen-bond donors (Lipinski definition) is 2. The van der Waals surface area contributed by atoms with E-state index in [4.69, 9.17) is 11.6 Å². The van der Waals surface area contributed by atoms with Gasteiger partial charge in [-0.2, -0.15) is 0 Å². The van der Waals surface area contributed by atoms with Crippen LogP contribution in [0.3, 0.4) is 0 Å². The van der Waals surface area contributed by atoms with Gasteiger partial charge >= 0.3 is 0 Å². The van der Waals surface area contributed by atoms with Gasteiger partial charge in [-0.15, -0.1) is 0 Å². The Balaban J connectivity index is 1.73. The Bertz CT molecular complexity index is 964. The third-order valence-electron chi connectivity index (χ3n) is 3.49. The molecule has 0 saturated heterocycles. The zero-order valence-corrected chi connectivity index (χ0v) is 14.1. The molecule has 0 bridgehead atoms. The van der Waals surface area contributed by atoms with Crippen molar-refractivity contribution in [2.75, 3.05) is 10.6 Å². The van der Waals surface area contributed by atoms with Crippen LogP contribution in [-0.2, 0) is 0 Å². The van der Waals surface area contributed by atoms with E-state index in [-0.39, 0.29) is 27.7 Å². The van der Waals surface area contributed by atoms with Gasteiger partial charge in [-0.25, -0.2) is 4.39 Å². The van der Waals surface area contributed by atoms with Gasteiger partial charge in [-0.05, 0) is 42.5 Å². The number of anilines is 2. The van der Waals surface area contributed by atoms with Crippen LogP contribution < -0.4 is 10.6 Å². The number of pyridine rings is 1. The molecule has 0 unspecified atom stereocenters. The third kappa shape index (κ3) is 4.04. The first-order valence-electron chi connectivity index (χ1n) is 7.62. The van der Waals surface area contributed by atoms with E-state index in [0.29, 0.717) is 0 Å². The highest BCUT2D eigenvalue weighted by molar-refractivity contribution is 6.34. The molecule has 0 fully saturated rings. The Morgan fingerprint density at radius 1 is 0.923 bits per heavy atom. The van der Waals surface area contributed by atoms with Crippen LogP contribution in [0.15, 0.2) is 66.9 Å². The van der Waals surface area contributed by atoms with Gasteiger partial charge in [0.1, 0.15) is 11.5 Å². The fourth-order valence-electron chi connectivity index (χ4n) is 2.22. The molecule has 0 spiro atoms. The molecular formula is C19H13ClFN3O2. The number of aromatic nitrogens is 1. The van der Waals surface area contributed by atoms with Crippen LogP contribution in [0.2, 0.25) is 5.02 Å². The van der Waals surface area contributed by atoms with Gasteiger partial charge in [-0.1, -0.05) is 29.8 Å². The van der Waals surface area contributed by atoms with Gasteiger partial charge in [0.15, 0.2) is 0 Å². The highest BCUT2D eigenvalue weighted by Gasteiger charge is 2.13. The van der Waals surface area contributed by atoms with Gasteiger partial charge in [-0.3, -0.25) is 14.6 Å². The van der Waals surface area contributed by atoms with E-state index in [2.05, 4.69) is 15.6 Å². The summed E-state index contributed by atoms with van der Waals surface area (Å²) >= 11 is 5.96. The summed E-state index contributed by atoms with van der Waals surface area (Å²) in [6.45, 7) is 0. The minimum atomic E-state index is -0.691. The van der Waals surface area contributed by atoms with Crippen molar-refractivity contribution in [1.29, 1.82) is 0 Å². The van der Waals surface area contributed by atoms with E-state index < -0.39 is 17.6 Å². The SMILES string of the molecule is O=C(Nc1ccc(NC(=O)c2ccccc2Cl)c(F)c1)c1ccccn1. The van der Waals surface area contributed by atoms with Crippen LogP contribution in [0.25, 0.3) is 0 Å². The number of amides is 2. The summed E-state index contributed by atoms with van der Waals surface area (Å²) in [6, 6.07) is 15.3. The fourth-order valence-corrected chi connectivity index (χ4v) is 2.44. The smallest absolute Gasteiger partial charge is 0.274 e.